The number of aryl methyl sites for hydroxylation is 2. The topological polar surface area (TPSA) is 29.5 Å². The van der Waals surface area contributed by atoms with Crippen molar-refractivity contribution in [1.29, 1.82) is 0 Å². The molecule has 2 rings (SSSR count). The van der Waals surface area contributed by atoms with Crippen LogP contribution in [0.25, 0.3) is 0 Å². The molecule has 134 valence electrons. The molecule has 0 aliphatic heterocycles. The minimum Gasteiger partial charge on any atom is -0.492 e. The summed E-state index contributed by atoms with van der Waals surface area (Å²) in [5, 5.41) is 0. The van der Waals surface area contributed by atoms with Crippen molar-refractivity contribution in [2.45, 2.75) is 20.0 Å². The largest absolute Gasteiger partial charge is 0.492 e. The van der Waals surface area contributed by atoms with Crippen molar-refractivity contribution in [2.75, 3.05) is 20.2 Å². The van der Waals surface area contributed by atoms with Crippen molar-refractivity contribution in [1.82, 2.24) is 4.90 Å². The molecule has 0 saturated carbocycles. The van der Waals surface area contributed by atoms with Gasteiger partial charge in [0.15, 0.2) is 0 Å². The Kier molecular flexibility index (Phi) is 5.72. The van der Waals surface area contributed by atoms with Crippen LogP contribution in [0.1, 0.15) is 27.0 Å². The highest BCUT2D eigenvalue weighted by Gasteiger charge is 2.35. The number of carbonyl (C=O) groups excluding carboxylic acids is 1. The minimum atomic E-state index is -4.57. The number of alkyl halides is 3. The summed E-state index contributed by atoms with van der Waals surface area (Å²) in [5.74, 6) is -0.00834. The van der Waals surface area contributed by atoms with E-state index in [2.05, 4.69) is 0 Å². The zero-order chi connectivity index (χ0) is 18.6. The van der Waals surface area contributed by atoms with Gasteiger partial charge >= 0.3 is 6.18 Å². The van der Waals surface area contributed by atoms with Gasteiger partial charge in [0.2, 0.25) is 0 Å². The van der Waals surface area contributed by atoms with Crippen LogP contribution in [0.5, 0.6) is 5.75 Å². The van der Waals surface area contributed by atoms with Crippen molar-refractivity contribution in [2.24, 2.45) is 0 Å². The molecule has 0 heterocycles. The quantitative estimate of drug-likeness (QED) is 0.795. The van der Waals surface area contributed by atoms with E-state index < -0.39 is 17.6 Å². The zero-order valence-electron chi connectivity index (χ0n) is 14.4. The summed E-state index contributed by atoms with van der Waals surface area (Å²) in [6.07, 6.45) is -4.57. The van der Waals surface area contributed by atoms with Crippen LogP contribution in [0.15, 0.2) is 42.5 Å². The number of halogens is 3. The van der Waals surface area contributed by atoms with E-state index in [1.54, 1.807) is 0 Å². The number of amides is 1. The van der Waals surface area contributed by atoms with Gasteiger partial charge in [0.05, 0.1) is 17.7 Å². The second-order valence-corrected chi connectivity index (χ2v) is 5.94. The number of rotatable bonds is 5. The molecule has 6 heteroatoms. The number of ether oxygens (including phenoxy) is 1. The van der Waals surface area contributed by atoms with Gasteiger partial charge in [0.25, 0.3) is 5.91 Å². The van der Waals surface area contributed by atoms with E-state index in [-0.39, 0.29) is 18.7 Å². The molecule has 25 heavy (non-hydrogen) atoms. The van der Waals surface area contributed by atoms with Crippen LogP contribution in [0.4, 0.5) is 13.2 Å². The van der Waals surface area contributed by atoms with E-state index in [4.69, 9.17) is 4.74 Å². The van der Waals surface area contributed by atoms with Crippen molar-refractivity contribution in [3.8, 4) is 5.75 Å². The van der Waals surface area contributed by atoms with Crippen LogP contribution in [-0.2, 0) is 6.18 Å². The molecule has 0 atom stereocenters. The molecule has 0 aliphatic rings. The SMILES string of the molecule is Cc1cc(C)cc(OCCN(C)C(=O)c2ccccc2C(F)(F)F)c1. The molecule has 0 spiro atoms. The van der Waals surface area contributed by atoms with E-state index in [1.807, 2.05) is 32.0 Å². The van der Waals surface area contributed by atoms with Gasteiger partial charge in [-0.3, -0.25) is 4.79 Å². The fourth-order valence-electron chi connectivity index (χ4n) is 2.54. The normalized spacial score (nSPS) is 11.3. The fraction of sp³-hybridized carbons (Fsp3) is 0.316. The molecule has 0 N–H and O–H groups in total. The number of likely N-dealkylation sites (N-methyl/N-ethyl adjacent to an activating group) is 1. The van der Waals surface area contributed by atoms with E-state index in [0.29, 0.717) is 5.75 Å². The number of hydrogen-bond acceptors (Lipinski definition) is 2. The lowest BCUT2D eigenvalue weighted by Gasteiger charge is -2.20. The molecular weight excluding hydrogens is 331 g/mol. The van der Waals surface area contributed by atoms with Crippen LogP contribution in [0.3, 0.4) is 0 Å². The molecule has 0 aliphatic carbocycles. The fourth-order valence-corrected chi connectivity index (χ4v) is 2.54. The summed E-state index contributed by atoms with van der Waals surface area (Å²) in [4.78, 5) is 13.6. The summed E-state index contributed by atoms with van der Waals surface area (Å²) < 4.78 is 44.7. The molecule has 0 bridgehead atoms. The molecule has 0 radical (unpaired) electrons. The van der Waals surface area contributed by atoms with Gasteiger partial charge in [-0.2, -0.15) is 13.2 Å². The van der Waals surface area contributed by atoms with Gasteiger partial charge < -0.3 is 9.64 Å². The molecular formula is C19H20F3NO2. The maximum Gasteiger partial charge on any atom is 0.417 e. The van der Waals surface area contributed by atoms with Crippen LogP contribution in [0, 0.1) is 13.8 Å². The molecule has 0 unspecified atom stereocenters. The predicted molar refractivity (Wildman–Crippen MR) is 89.8 cm³/mol. The molecule has 2 aromatic rings. The Bertz CT molecular complexity index is 736. The third kappa shape index (κ3) is 4.98. The number of carbonyl (C=O) groups is 1. The first-order valence-electron chi connectivity index (χ1n) is 7.81. The van der Waals surface area contributed by atoms with E-state index in [0.717, 1.165) is 17.2 Å². The Morgan fingerprint density at radius 3 is 2.28 bits per heavy atom. The van der Waals surface area contributed by atoms with Crippen LogP contribution < -0.4 is 4.74 Å². The highest BCUT2D eigenvalue weighted by Crippen LogP contribution is 2.32. The summed E-state index contributed by atoms with van der Waals surface area (Å²) in [6.45, 7) is 4.27. The first-order valence-corrected chi connectivity index (χ1v) is 7.81. The predicted octanol–water partition coefficient (Wildman–Crippen LogP) is 4.47. The lowest BCUT2D eigenvalue weighted by Crippen LogP contribution is -2.32. The lowest BCUT2D eigenvalue weighted by molar-refractivity contribution is -0.138. The standard InChI is InChI=1S/C19H20F3NO2/c1-13-10-14(2)12-15(11-13)25-9-8-23(3)18(24)16-6-4-5-7-17(16)19(20,21)22/h4-7,10-12H,8-9H2,1-3H3. The molecule has 2 aromatic carbocycles. The van der Waals surface area contributed by atoms with Gasteiger partial charge in [0.1, 0.15) is 12.4 Å². The Balaban J connectivity index is 2.02. The smallest absolute Gasteiger partial charge is 0.417 e. The van der Waals surface area contributed by atoms with Gasteiger partial charge in [0, 0.05) is 7.05 Å². The van der Waals surface area contributed by atoms with Gasteiger partial charge in [-0.25, -0.2) is 0 Å². The van der Waals surface area contributed by atoms with Crippen molar-refractivity contribution < 1.29 is 22.7 Å². The molecule has 1 amide bonds. The second-order valence-electron chi connectivity index (χ2n) is 5.94. The highest BCUT2D eigenvalue weighted by atomic mass is 19.4. The van der Waals surface area contributed by atoms with Crippen LogP contribution in [-0.4, -0.2) is 31.0 Å². The first-order chi connectivity index (χ1) is 11.7. The number of hydrogen-bond donors (Lipinski definition) is 0. The summed E-state index contributed by atoms with van der Waals surface area (Å²) >= 11 is 0. The highest BCUT2D eigenvalue weighted by molar-refractivity contribution is 5.95. The first kappa shape index (κ1) is 18.8. The summed E-state index contributed by atoms with van der Waals surface area (Å²) in [7, 11) is 1.46. The molecule has 0 aromatic heterocycles. The third-order valence-electron chi connectivity index (χ3n) is 3.70. The van der Waals surface area contributed by atoms with Crippen LogP contribution in [0.2, 0.25) is 0 Å². The average molecular weight is 351 g/mol. The van der Waals surface area contributed by atoms with Crippen molar-refractivity contribution in [3.63, 3.8) is 0 Å². The maximum absolute atomic E-state index is 13.0. The molecule has 3 nitrogen and oxygen atoms in total. The average Bonchev–Trinajstić information content (AvgIpc) is 2.52. The van der Waals surface area contributed by atoms with E-state index in [9.17, 15) is 18.0 Å². The van der Waals surface area contributed by atoms with Gasteiger partial charge in [-0.05, 0) is 49.2 Å². The summed E-state index contributed by atoms with van der Waals surface area (Å²) in [6, 6.07) is 10.5. The van der Waals surface area contributed by atoms with E-state index >= 15 is 0 Å². The van der Waals surface area contributed by atoms with Crippen LogP contribution >= 0.6 is 0 Å². The van der Waals surface area contributed by atoms with Crippen molar-refractivity contribution in [3.05, 3.63) is 64.7 Å². The van der Waals surface area contributed by atoms with Gasteiger partial charge in [-0.1, -0.05) is 18.2 Å². The van der Waals surface area contributed by atoms with Gasteiger partial charge in [-0.15, -0.1) is 0 Å². The maximum atomic E-state index is 13.0. The Morgan fingerprint density at radius 2 is 1.68 bits per heavy atom. The lowest BCUT2D eigenvalue weighted by atomic mass is 10.1. The number of nitrogens with zero attached hydrogens (tertiary/aromatic N) is 1. The van der Waals surface area contributed by atoms with E-state index in [1.165, 1.54) is 30.1 Å². The Labute approximate surface area is 145 Å². The summed E-state index contributed by atoms with van der Waals surface area (Å²) in [5.41, 5.74) is 0.822. The Morgan fingerprint density at radius 1 is 1.08 bits per heavy atom. The second kappa shape index (κ2) is 7.59. The monoisotopic (exact) mass is 351 g/mol. The number of benzene rings is 2. The third-order valence-corrected chi connectivity index (χ3v) is 3.70. The Hall–Kier alpha value is -2.50. The minimum absolute atomic E-state index is 0.179. The molecule has 0 fully saturated rings. The van der Waals surface area contributed by atoms with Crippen molar-refractivity contribution >= 4 is 5.91 Å². The molecule has 0 saturated heterocycles. The zero-order valence-corrected chi connectivity index (χ0v) is 14.4.